The van der Waals surface area contributed by atoms with Gasteiger partial charge in [-0.2, -0.15) is 0 Å². The first-order valence-corrected chi connectivity index (χ1v) is 10.1. The molecule has 3 aromatic rings. The zero-order valence-electron chi connectivity index (χ0n) is 17.1. The lowest BCUT2D eigenvalue weighted by molar-refractivity contribution is -0.140. The van der Waals surface area contributed by atoms with Crippen LogP contribution in [0.4, 0.5) is 8.78 Å². The third-order valence-corrected chi connectivity index (χ3v) is 5.65. The highest BCUT2D eigenvalue weighted by molar-refractivity contribution is 6.46. The third kappa shape index (κ3) is 3.59. The van der Waals surface area contributed by atoms with Crippen molar-refractivity contribution < 1.29 is 33.0 Å². The highest BCUT2D eigenvalue weighted by Gasteiger charge is 2.47. The molecule has 1 saturated heterocycles. The number of likely N-dealkylation sites (tertiary alicyclic amines) is 1. The van der Waals surface area contributed by atoms with Gasteiger partial charge in [0, 0.05) is 17.7 Å². The molecule has 2 aliphatic heterocycles. The first-order valence-electron chi connectivity index (χ1n) is 10.1. The summed E-state index contributed by atoms with van der Waals surface area (Å²) in [6.45, 7) is -0.0569. The van der Waals surface area contributed by atoms with Gasteiger partial charge in [0.15, 0.2) is 11.5 Å². The van der Waals surface area contributed by atoms with Crippen molar-refractivity contribution >= 4 is 17.4 Å². The molecule has 0 aromatic heterocycles. The van der Waals surface area contributed by atoms with Gasteiger partial charge in [-0.25, -0.2) is 8.78 Å². The van der Waals surface area contributed by atoms with Gasteiger partial charge < -0.3 is 19.5 Å². The van der Waals surface area contributed by atoms with E-state index >= 15 is 0 Å². The molecule has 33 heavy (non-hydrogen) atoms. The number of hydrogen-bond donors (Lipinski definition) is 1. The number of hydrogen-bond acceptors (Lipinski definition) is 5. The molecule has 3 aromatic carbocycles. The van der Waals surface area contributed by atoms with Crippen LogP contribution in [0.1, 0.15) is 22.7 Å². The molecule has 1 N–H and O–H groups in total. The number of aliphatic hydroxyl groups is 1. The summed E-state index contributed by atoms with van der Waals surface area (Å²) < 4.78 is 38.8. The fraction of sp³-hybridized carbons (Fsp3) is 0.120. The summed E-state index contributed by atoms with van der Waals surface area (Å²) in [7, 11) is 0. The number of carbonyl (C=O) groups is 2. The van der Waals surface area contributed by atoms with Crippen LogP contribution in [-0.2, 0) is 16.1 Å². The topological polar surface area (TPSA) is 76.1 Å². The van der Waals surface area contributed by atoms with Crippen LogP contribution < -0.4 is 9.47 Å². The van der Waals surface area contributed by atoms with E-state index in [1.165, 1.54) is 59.5 Å². The van der Waals surface area contributed by atoms with E-state index in [0.717, 1.165) is 0 Å². The molecule has 0 aliphatic carbocycles. The summed E-state index contributed by atoms with van der Waals surface area (Å²) >= 11 is 0. The van der Waals surface area contributed by atoms with Crippen LogP contribution in [-0.4, -0.2) is 28.5 Å². The minimum atomic E-state index is -1.18. The summed E-state index contributed by atoms with van der Waals surface area (Å²) in [6.07, 6.45) is 0. The maximum atomic E-state index is 14.8. The zero-order valence-corrected chi connectivity index (χ0v) is 17.1. The second kappa shape index (κ2) is 8.05. The maximum absolute atomic E-state index is 14.8. The molecule has 1 fully saturated rings. The fourth-order valence-electron chi connectivity index (χ4n) is 4.05. The molecule has 2 aliphatic rings. The number of amides is 1. The molecule has 0 radical (unpaired) electrons. The Balaban J connectivity index is 1.65. The number of nitrogens with zero attached hydrogens (tertiary/aromatic N) is 1. The third-order valence-electron chi connectivity index (χ3n) is 5.65. The number of fused-ring (bicyclic) bond motifs is 1. The quantitative estimate of drug-likeness (QED) is 0.365. The van der Waals surface area contributed by atoms with Gasteiger partial charge in [-0.15, -0.1) is 0 Å². The van der Waals surface area contributed by atoms with Crippen LogP contribution in [0.2, 0.25) is 0 Å². The number of ether oxygens (including phenoxy) is 2. The molecule has 6 nitrogen and oxygen atoms in total. The average molecular weight is 449 g/mol. The summed E-state index contributed by atoms with van der Waals surface area (Å²) in [4.78, 5) is 27.2. The van der Waals surface area contributed by atoms with E-state index in [4.69, 9.17) is 9.47 Å². The van der Waals surface area contributed by atoms with Gasteiger partial charge in [0.05, 0.1) is 11.6 Å². The maximum Gasteiger partial charge on any atom is 0.295 e. The molecule has 8 heteroatoms. The normalized spacial score (nSPS) is 18.7. The van der Waals surface area contributed by atoms with Crippen LogP contribution in [0.3, 0.4) is 0 Å². The second-order valence-corrected chi connectivity index (χ2v) is 7.64. The first kappa shape index (κ1) is 20.7. The molecule has 5 rings (SSSR count). The molecule has 0 spiro atoms. The lowest BCUT2D eigenvalue weighted by Crippen LogP contribution is -2.29. The Kier molecular flexibility index (Phi) is 5.05. The Bertz CT molecular complexity index is 1300. The van der Waals surface area contributed by atoms with Gasteiger partial charge in [0.2, 0.25) is 6.79 Å². The Labute approximate surface area is 187 Å². The summed E-state index contributed by atoms with van der Waals surface area (Å²) in [5.41, 5.74) is 0.579. The van der Waals surface area contributed by atoms with Crippen molar-refractivity contribution in [1.29, 1.82) is 0 Å². The number of Topliss-reactive ketones (excluding diaryl/α,β-unsaturated/α-hetero) is 1. The highest BCUT2D eigenvalue weighted by Crippen LogP contribution is 2.42. The number of benzene rings is 3. The van der Waals surface area contributed by atoms with Crippen LogP contribution >= 0.6 is 0 Å². The molecule has 2 heterocycles. The van der Waals surface area contributed by atoms with E-state index in [9.17, 15) is 23.5 Å². The number of carbonyl (C=O) groups excluding carboxylic acids is 2. The smallest absolute Gasteiger partial charge is 0.295 e. The minimum absolute atomic E-state index is 0.0246. The lowest BCUT2D eigenvalue weighted by atomic mass is 9.94. The molecule has 166 valence electrons. The number of rotatable bonds is 4. The summed E-state index contributed by atoms with van der Waals surface area (Å²) in [6, 6.07) is 14.6. The number of ketones is 1. The predicted octanol–water partition coefficient (Wildman–Crippen LogP) is 4.32. The molecule has 1 atom stereocenters. The monoisotopic (exact) mass is 449 g/mol. The van der Waals surface area contributed by atoms with Gasteiger partial charge >= 0.3 is 0 Å². The van der Waals surface area contributed by atoms with E-state index in [-0.39, 0.29) is 30.0 Å². The molecule has 1 amide bonds. The van der Waals surface area contributed by atoms with Crippen molar-refractivity contribution in [3.63, 3.8) is 0 Å². The number of aliphatic hydroxyl groups excluding tert-OH is 1. The molecule has 1 unspecified atom stereocenters. The zero-order chi connectivity index (χ0) is 23.1. The van der Waals surface area contributed by atoms with Crippen molar-refractivity contribution in [2.75, 3.05) is 6.79 Å². The van der Waals surface area contributed by atoms with Gasteiger partial charge in [0.1, 0.15) is 17.4 Å². The van der Waals surface area contributed by atoms with E-state index in [2.05, 4.69) is 0 Å². The van der Waals surface area contributed by atoms with Crippen molar-refractivity contribution in [3.05, 3.63) is 101 Å². The Morgan fingerprint density at radius 2 is 1.70 bits per heavy atom. The van der Waals surface area contributed by atoms with Crippen LogP contribution in [0.5, 0.6) is 11.5 Å². The van der Waals surface area contributed by atoms with Crippen molar-refractivity contribution in [1.82, 2.24) is 4.90 Å². The van der Waals surface area contributed by atoms with Gasteiger partial charge in [-0.1, -0.05) is 30.3 Å². The van der Waals surface area contributed by atoms with Crippen molar-refractivity contribution in [2.45, 2.75) is 12.6 Å². The van der Waals surface area contributed by atoms with E-state index < -0.39 is 35.1 Å². The van der Waals surface area contributed by atoms with Crippen LogP contribution in [0, 0.1) is 11.6 Å². The van der Waals surface area contributed by atoms with Gasteiger partial charge in [0.25, 0.3) is 11.7 Å². The molecule has 0 bridgehead atoms. The van der Waals surface area contributed by atoms with Gasteiger partial charge in [-0.3, -0.25) is 9.59 Å². The Morgan fingerprint density at radius 3 is 2.45 bits per heavy atom. The SMILES string of the molecule is O=C1C(=O)N(Cc2ccc(F)cc2)C(c2ccccc2F)/C1=C(\O)c1ccc2c(c1)OCO2. The lowest BCUT2D eigenvalue weighted by Gasteiger charge is -2.25. The minimum Gasteiger partial charge on any atom is -0.507 e. The highest BCUT2D eigenvalue weighted by atomic mass is 19.1. The average Bonchev–Trinajstić information content (AvgIpc) is 3.38. The Hall–Kier alpha value is -4.20. The predicted molar refractivity (Wildman–Crippen MR) is 113 cm³/mol. The standard InChI is InChI=1S/C25H17F2NO5/c26-16-8-5-14(6-9-16)12-28-22(17-3-1-2-4-18(17)27)21(24(30)25(28)31)23(29)15-7-10-19-20(11-15)33-13-32-19/h1-11,22,29H,12-13H2/b23-21+. The summed E-state index contributed by atoms with van der Waals surface area (Å²) in [5.74, 6) is -2.52. The largest absolute Gasteiger partial charge is 0.507 e. The summed E-state index contributed by atoms with van der Waals surface area (Å²) in [5, 5.41) is 11.1. The van der Waals surface area contributed by atoms with Crippen LogP contribution in [0.25, 0.3) is 5.76 Å². The second-order valence-electron chi connectivity index (χ2n) is 7.64. The van der Waals surface area contributed by atoms with Crippen molar-refractivity contribution in [2.24, 2.45) is 0 Å². The van der Waals surface area contributed by atoms with E-state index in [1.54, 1.807) is 12.1 Å². The van der Waals surface area contributed by atoms with Crippen molar-refractivity contribution in [3.8, 4) is 11.5 Å². The number of halogens is 2. The molecular weight excluding hydrogens is 432 g/mol. The fourth-order valence-corrected chi connectivity index (χ4v) is 4.05. The van der Waals surface area contributed by atoms with E-state index in [0.29, 0.717) is 17.1 Å². The van der Waals surface area contributed by atoms with E-state index in [1.807, 2.05) is 0 Å². The molecular formula is C25H17F2NO5. The first-order chi connectivity index (χ1) is 15.9. The van der Waals surface area contributed by atoms with Crippen LogP contribution in [0.15, 0.2) is 72.3 Å². The van der Waals surface area contributed by atoms with Gasteiger partial charge in [-0.05, 0) is 42.0 Å². The Morgan fingerprint density at radius 1 is 0.970 bits per heavy atom. The molecule has 0 saturated carbocycles.